The average Bonchev–Trinajstić information content (AvgIpc) is 2.53. The number of hydrogen-bond donors (Lipinski definition) is 2. The standard InChI is InChI=1S/C16H12B2O4/c19-17(20)13-7-8-14-18(21-15-9-3-1-4-10-15)22-16-11-5-2-6-12-16/h1-6,9-12,19-20H. The Morgan fingerprint density at radius 3 is 1.59 bits per heavy atom. The minimum Gasteiger partial charge on any atom is -0.515 e. The molecule has 0 heterocycles. The lowest BCUT2D eigenvalue weighted by Crippen LogP contribution is -2.28. The van der Waals surface area contributed by atoms with Gasteiger partial charge < -0.3 is 19.4 Å². The molecule has 0 saturated heterocycles. The fourth-order valence-electron chi connectivity index (χ4n) is 1.52. The molecule has 0 saturated carbocycles. The molecule has 0 aliphatic carbocycles. The first kappa shape index (κ1) is 15.6. The number of para-hydroxylation sites is 2. The van der Waals surface area contributed by atoms with Gasteiger partial charge >= 0.3 is 14.2 Å². The average molecular weight is 290 g/mol. The maximum Gasteiger partial charge on any atom is 0.691 e. The van der Waals surface area contributed by atoms with E-state index in [2.05, 4.69) is 23.5 Å². The lowest BCUT2D eigenvalue weighted by molar-refractivity contribution is 0.427. The highest BCUT2D eigenvalue weighted by Gasteiger charge is 2.20. The summed E-state index contributed by atoms with van der Waals surface area (Å²) in [6.45, 7) is 0. The van der Waals surface area contributed by atoms with Crippen LogP contribution in [0.25, 0.3) is 0 Å². The molecular formula is C16H12B2O4. The first-order valence-corrected chi connectivity index (χ1v) is 6.54. The SMILES string of the molecule is OB(O)C#CC#CB(Oc1ccccc1)Oc1ccccc1. The minimum atomic E-state index is -1.71. The molecule has 0 amide bonds. The van der Waals surface area contributed by atoms with Crippen LogP contribution in [0.4, 0.5) is 0 Å². The molecule has 2 N–H and O–H groups in total. The topological polar surface area (TPSA) is 58.9 Å². The molecule has 4 nitrogen and oxygen atoms in total. The molecule has 0 bridgehead atoms. The quantitative estimate of drug-likeness (QED) is 0.656. The van der Waals surface area contributed by atoms with Crippen LogP contribution in [-0.4, -0.2) is 24.3 Å². The monoisotopic (exact) mass is 290 g/mol. The van der Waals surface area contributed by atoms with Crippen LogP contribution in [0.15, 0.2) is 60.7 Å². The van der Waals surface area contributed by atoms with Crippen LogP contribution >= 0.6 is 0 Å². The van der Waals surface area contributed by atoms with E-state index in [1.807, 2.05) is 36.4 Å². The fourth-order valence-corrected chi connectivity index (χ4v) is 1.52. The molecule has 106 valence electrons. The summed E-state index contributed by atoms with van der Waals surface area (Å²) in [5.74, 6) is 10.8. The van der Waals surface area contributed by atoms with E-state index in [-0.39, 0.29) is 0 Å². The van der Waals surface area contributed by atoms with Crippen molar-refractivity contribution in [1.29, 1.82) is 0 Å². The predicted octanol–water partition coefficient (Wildman–Crippen LogP) is 1.19. The van der Waals surface area contributed by atoms with Crippen molar-refractivity contribution in [1.82, 2.24) is 0 Å². The zero-order valence-corrected chi connectivity index (χ0v) is 11.6. The van der Waals surface area contributed by atoms with Gasteiger partial charge in [-0.3, -0.25) is 0 Å². The van der Waals surface area contributed by atoms with E-state index in [1.165, 1.54) is 0 Å². The molecule has 0 aliphatic heterocycles. The Labute approximate surface area is 130 Å². The van der Waals surface area contributed by atoms with Gasteiger partial charge in [0.05, 0.1) is 0 Å². The normalized spacial score (nSPS) is 8.64. The second-order valence-corrected chi connectivity index (χ2v) is 4.11. The Bertz CT molecular complexity index is 655. The molecule has 0 aliphatic rings. The van der Waals surface area contributed by atoms with Crippen LogP contribution in [0.3, 0.4) is 0 Å². The van der Waals surface area contributed by atoms with Crippen molar-refractivity contribution in [2.24, 2.45) is 0 Å². The smallest absolute Gasteiger partial charge is 0.515 e. The Morgan fingerprint density at radius 2 is 1.14 bits per heavy atom. The summed E-state index contributed by atoms with van der Waals surface area (Å²) < 4.78 is 11.3. The summed E-state index contributed by atoms with van der Waals surface area (Å²) in [6.07, 6.45) is 0. The highest BCUT2D eigenvalue weighted by Crippen LogP contribution is 2.13. The van der Waals surface area contributed by atoms with E-state index in [0.717, 1.165) is 0 Å². The van der Waals surface area contributed by atoms with Crippen LogP contribution < -0.4 is 9.31 Å². The third-order valence-corrected chi connectivity index (χ3v) is 2.43. The molecule has 0 atom stereocenters. The fraction of sp³-hybridized carbons (Fsp3) is 0. The summed E-state index contributed by atoms with van der Waals surface area (Å²) in [4.78, 5) is 0. The lowest BCUT2D eigenvalue weighted by Gasteiger charge is -2.11. The summed E-state index contributed by atoms with van der Waals surface area (Å²) in [6, 6.07) is 18.2. The van der Waals surface area contributed by atoms with Crippen molar-refractivity contribution in [2.45, 2.75) is 0 Å². The van der Waals surface area contributed by atoms with E-state index in [4.69, 9.17) is 19.4 Å². The Hall–Kier alpha value is -2.79. The van der Waals surface area contributed by atoms with Crippen LogP contribution in [-0.2, 0) is 0 Å². The van der Waals surface area contributed by atoms with Crippen molar-refractivity contribution in [3.05, 3.63) is 60.7 Å². The first-order chi connectivity index (χ1) is 10.7. The van der Waals surface area contributed by atoms with E-state index in [1.54, 1.807) is 24.3 Å². The molecule has 0 radical (unpaired) electrons. The summed E-state index contributed by atoms with van der Waals surface area (Å²) in [5.41, 5.74) is 0. The van der Waals surface area contributed by atoms with E-state index < -0.39 is 14.2 Å². The van der Waals surface area contributed by atoms with Gasteiger partial charge in [0.15, 0.2) is 0 Å². The summed E-state index contributed by atoms with van der Waals surface area (Å²) in [5, 5.41) is 17.3. The van der Waals surface area contributed by atoms with Crippen LogP contribution in [0.2, 0.25) is 0 Å². The largest absolute Gasteiger partial charge is 0.691 e. The predicted molar refractivity (Wildman–Crippen MR) is 85.6 cm³/mol. The highest BCUT2D eigenvalue weighted by molar-refractivity contribution is 6.56. The van der Waals surface area contributed by atoms with Crippen molar-refractivity contribution in [3.63, 3.8) is 0 Å². The van der Waals surface area contributed by atoms with Crippen molar-refractivity contribution in [2.75, 3.05) is 0 Å². The maximum absolute atomic E-state index is 8.64. The molecule has 0 aromatic heterocycles. The second-order valence-electron chi connectivity index (χ2n) is 4.11. The van der Waals surface area contributed by atoms with Crippen LogP contribution in [0, 0.1) is 23.5 Å². The number of benzene rings is 2. The molecule has 0 spiro atoms. The van der Waals surface area contributed by atoms with Crippen molar-refractivity contribution >= 4 is 14.2 Å². The van der Waals surface area contributed by atoms with Gasteiger partial charge in [0, 0.05) is 0 Å². The summed E-state index contributed by atoms with van der Waals surface area (Å²) >= 11 is 0. The van der Waals surface area contributed by atoms with E-state index in [0.29, 0.717) is 11.5 Å². The Balaban J connectivity index is 2.12. The van der Waals surface area contributed by atoms with Gasteiger partial charge in [-0.1, -0.05) is 42.2 Å². The van der Waals surface area contributed by atoms with Crippen molar-refractivity contribution in [3.8, 4) is 35.0 Å². The van der Waals surface area contributed by atoms with Gasteiger partial charge in [0.1, 0.15) is 11.5 Å². The molecule has 2 aromatic carbocycles. The van der Waals surface area contributed by atoms with Gasteiger partial charge in [0.2, 0.25) is 0 Å². The highest BCUT2D eigenvalue weighted by atomic mass is 16.6. The zero-order chi connectivity index (χ0) is 15.6. The van der Waals surface area contributed by atoms with E-state index in [9.17, 15) is 0 Å². The molecule has 0 unspecified atom stereocenters. The zero-order valence-electron chi connectivity index (χ0n) is 11.6. The minimum absolute atomic E-state index is 0.605. The third kappa shape index (κ3) is 5.68. The van der Waals surface area contributed by atoms with Gasteiger partial charge in [-0.15, -0.1) is 0 Å². The van der Waals surface area contributed by atoms with Gasteiger partial charge in [-0.05, 0) is 41.9 Å². The molecule has 2 aromatic rings. The Kier molecular flexibility index (Phi) is 6.02. The van der Waals surface area contributed by atoms with E-state index >= 15 is 0 Å². The molecule has 22 heavy (non-hydrogen) atoms. The number of rotatable bonds is 4. The molecule has 2 rings (SSSR count). The van der Waals surface area contributed by atoms with Crippen LogP contribution in [0.1, 0.15) is 0 Å². The maximum atomic E-state index is 8.64. The van der Waals surface area contributed by atoms with Gasteiger partial charge in [-0.2, -0.15) is 0 Å². The molecular weight excluding hydrogens is 278 g/mol. The van der Waals surface area contributed by atoms with Gasteiger partial charge in [0.25, 0.3) is 0 Å². The lowest BCUT2D eigenvalue weighted by atomic mass is 9.90. The van der Waals surface area contributed by atoms with Gasteiger partial charge in [-0.25, -0.2) is 0 Å². The van der Waals surface area contributed by atoms with Crippen molar-refractivity contribution < 1.29 is 19.4 Å². The van der Waals surface area contributed by atoms with Crippen LogP contribution in [0.5, 0.6) is 11.5 Å². The molecule has 0 fully saturated rings. The second kappa shape index (κ2) is 8.49. The third-order valence-electron chi connectivity index (χ3n) is 2.43. The first-order valence-electron chi connectivity index (χ1n) is 6.54. The molecule has 6 heteroatoms. The number of hydrogen-bond acceptors (Lipinski definition) is 4. The summed E-state index contributed by atoms with van der Waals surface area (Å²) in [7, 11) is -2.58. The Morgan fingerprint density at radius 1 is 0.682 bits per heavy atom.